The van der Waals surface area contributed by atoms with Crippen LogP contribution in [0.4, 0.5) is 13.2 Å². The molecule has 0 saturated heterocycles. The number of alkyl halides is 3. The van der Waals surface area contributed by atoms with Gasteiger partial charge in [0.05, 0.1) is 16.7 Å². The number of hydrogen-bond donors (Lipinski definition) is 3. The van der Waals surface area contributed by atoms with Crippen LogP contribution in [0, 0.1) is 0 Å². The topological polar surface area (TPSA) is 96.2 Å². The van der Waals surface area contributed by atoms with Crippen molar-refractivity contribution in [3.63, 3.8) is 0 Å². The number of carboxylic acids is 1. The molecule has 4 aromatic rings. The van der Waals surface area contributed by atoms with E-state index in [1.807, 2.05) is 0 Å². The first-order valence-corrected chi connectivity index (χ1v) is 9.12. The zero-order chi connectivity index (χ0) is 22.3. The van der Waals surface area contributed by atoms with E-state index in [0.717, 1.165) is 12.1 Å². The van der Waals surface area contributed by atoms with Crippen LogP contribution in [0.15, 0.2) is 66.7 Å². The maximum absolute atomic E-state index is 13.1. The molecule has 1 aromatic heterocycles. The highest BCUT2D eigenvalue weighted by atomic mass is 19.4. The van der Waals surface area contributed by atoms with E-state index in [1.165, 1.54) is 12.1 Å². The number of fused-ring (bicyclic) bond motifs is 1. The molecule has 156 valence electrons. The maximum atomic E-state index is 13.1. The van der Waals surface area contributed by atoms with E-state index in [9.17, 15) is 27.9 Å². The summed E-state index contributed by atoms with van der Waals surface area (Å²) in [6, 6.07) is 16.6. The molecule has 0 saturated carbocycles. The van der Waals surface area contributed by atoms with E-state index in [0.29, 0.717) is 16.5 Å². The standard InChI is InChI=1S/C23H15F3N2O3/c24-23(25,26)15-7-6-13-10-19(28-18(13)11-15)16-8-14(12-4-2-1-3-5-12)9-17(22(30)31)20(16)21(27)29/h1-11,28H,(H2,27,29)(H,30,31). The summed E-state index contributed by atoms with van der Waals surface area (Å²) in [5.74, 6) is -2.30. The van der Waals surface area contributed by atoms with E-state index in [1.54, 1.807) is 42.5 Å². The van der Waals surface area contributed by atoms with E-state index >= 15 is 0 Å². The quantitative estimate of drug-likeness (QED) is 0.414. The molecule has 1 amide bonds. The van der Waals surface area contributed by atoms with E-state index in [2.05, 4.69) is 4.98 Å². The SMILES string of the molecule is NC(=O)c1c(C(=O)O)cc(-c2ccccc2)cc1-c1cc2ccc(C(F)(F)F)cc2[nH]1. The molecule has 5 nitrogen and oxygen atoms in total. The van der Waals surface area contributed by atoms with Gasteiger partial charge in [-0.2, -0.15) is 13.2 Å². The molecule has 0 unspecified atom stereocenters. The van der Waals surface area contributed by atoms with Crippen molar-refractivity contribution in [3.05, 3.63) is 83.4 Å². The van der Waals surface area contributed by atoms with Crippen molar-refractivity contribution in [2.45, 2.75) is 6.18 Å². The van der Waals surface area contributed by atoms with Crippen LogP contribution in [-0.4, -0.2) is 22.0 Å². The molecule has 0 spiro atoms. The Morgan fingerprint density at radius 1 is 0.903 bits per heavy atom. The number of benzene rings is 3. The number of halogens is 3. The van der Waals surface area contributed by atoms with E-state index in [-0.39, 0.29) is 27.9 Å². The fourth-order valence-corrected chi connectivity index (χ4v) is 3.53. The molecule has 31 heavy (non-hydrogen) atoms. The minimum atomic E-state index is -4.51. The Labute approximate surface area is 173 Å². The number of nitrogens with two attached hydrogens (primary N) is 1. The molecule has 4 rings (SSSR count). The highest BCUT2D eigenvalue weighted by Crippen LogP contribution is 2.36. The Hall–Kier alpha value is -4.07. The zero-order valence-corrected chi connectivity index (χ0v) is 15.8. The highest BCUT2D eigenvalue weighted by Gasteiger charge is 2.31. The Bertz CT molecular complexity index is 1330. The number of hydrogen-bond acceptors (Lipinski definition) is 2. The van der Waals surface area contributed by atoms with Crippen molar-refractivity contribution in [2.75, 3.05) is 0 Å². The van der Waals surface area contributed by atoms with Crippen molar-refractivity contribution < 1.29 is 27.9 Å². The molecular weight excluding hydrogens is 409 g/mol. The second kappa shape index (κ2) is 7.32. The van der Waals surface area contributed by atoms with Crippen LogP contribution in [0.3, 0.4) is 0 Å². The number of carbonyl (C=O) groups excluding carboxylic acids is 1. The summed E-state index contributed by atoms with van der Waals surface area (Å²) >= 11 is 0. The van der Waals surface area contributed by atoms with Crippen molar-refractivity contribution in [3.8, 4) is 22.4 Å². The van der Waals surface area contributed by atoms with Crippen LogP contribution in [0.25, 0.3) is 33.3 Å². The van der Waals surface area contributed by atoms with Gasteiger partial charge < -0.3 is 15.8 Å². The Kier molecular flexibility index (Phi) is 4.77. The van der Waals surface area contributed by atoms with Crippen molar-refractivity contribution in [2.24, 2.45) is 5.73 Å². The third-order valence-corrected chi connectivity index (χ3v) is 4.96. The fourth-order valence-electron chi connectivity index (χ4n) is 3.53. The second-order valence-corrected chi connectivity index (χ2v) is 6.96. The van der Waals surface area contributed by atoms with Gasteiger partial charge in [0.15, 0.2) is 0 Å². The summed E-state index contributed by atoms with van der Waals surface area (Å²) in [6.45, 7) is 0. The highest BCUT2D eigenvalue weighted by molar-refractivity contribution is 6.10. The van der Waals surface area contributed by atoms with Gasteiger partial charge in [-0.1, -0.05) is 36.4 Å². The zero-order valence-electron chi connectivity index (χ0n) is 15.8. The Balaban J connectivity index is 1.99. The van der Waals surface area contributed by atoms with Gasteiger partial charge in [-0.15, -0.1) is 0 Å². The first-order valence-electron chi connectivity index (χ1n) is 9.12. The van der Waals surface area contributed by atoms with Crippen LogP contribution >= 0.6 is 0 Å². The van der Waals surface area contributed by atoms with Crippen molar-refractivity contribution in [1.29, 1.82) is 0 Å². The molecule has 0 aliphatic heterocycles. The van der Waals surface area contributed by atoms with Crippen LogP contribution in [0.5, 0.6) is 0 Å². The molecule has 4 N–H and O–H groups in total. The van der Waals surface area contributed by atoms with Gasteiger partial charge in [0.25, 0.3) is 0 Å². The average Bonchev–Trinajstić information content (AvgIpc) is 3.16. The van der Waals surface area contributed by atoms with Gasteiger partial charge in [0, 0.05) is 22.2 Å². The van der Waals surface area contributed by atoms with Crippen LogP contribution in [0.1, 0.15) is 26.3 Å². The lowest BCUT2D eigenvalue weighted by Crippen LogP contribution is -2.18. The molecule has 0 atom stereocenters. The van der Waals surface area contributed by atoms with Crippen molar-refractivity contribution in [1.82, 2.24) is 4.98 Å². The summed E-state index contributed by atoms with van der Waals surface area (Å²) in [7, 11) is 0. The summed E-state index contributed by atoms with van der Waals surface area (Å²) in [5, 5.41) is 10.2. The number of H-pyrrole nitrogens is 1. The summed E-state index contributed by atoms with van der Waals surface area (Å²) in [6.07, 6.45) is -4.51. The number of amides is 1. The molecule has 0 radical (unpaired) electrons. The lowest BCUT2D eigenvalue weighted by atomic mass is 9.92. The molecule has 8 heteroatoms. The lowest BCUT2D eigenvalue weighted by Gasteiger charge is -2.13. The second-order valence-electron chi connectivity index (χ2n) is 6.96. The first-order chi connectivity index (χ1) is 14.6. The van der Waals surface area contributed by atoms with E-state index in [4.69, 9.17) is 5.73 Å². The smallest absolute Gasteiger partial charge is 0.416 e. The number of carboxylic acid groups (broad SMARTS) is 1. The van der Waals surface area contributed by atoms with Gasteiger partial charge in [0.1, 0.15) is 0 Å². The number of carbonyl (C=O) groups is 2. The maximum Gasteiger partial charge on any atom is 0.416 e. The monoisotopic (exact) mass is 424 g/mol. The molecular formula is C23H15F3N2O3. The van der Waals surface area contributed by atoms with Gasteiger partial charge in [-0.05, 0) is 41.5 Å². The summed E-state index contributed by atoms with van der Waals surface area (Å²) in [5.41, 5.74) is 6.04. The third-order valence-electron chi connectivity index (χ3n) is 4.96. The minimum Gasteiger partial charge on any atom is -0.478 e. The van der Waals surface area contributed by atoms with Crippen LogP contribution in [0.2, 0.25) is 0 Å². The predicted molar refractivity (Wildman–Crippen MR) is 110 cm³/mol. The number of aromatic amines is 1. The summed E-state index contributed by atoms with van der Waals surface area (Å²) in [4.78, 5) is 26.9. The first kappa shape index (κ1) is 20.2. The molecule has 0 aliphatic rings. The normalized spacial score (nSPS) is 11.6. The predicted octanol–water partition coefficient (Wildman–Crippen LogP) is 5.32. The van der Waals surface area contributed by atoms with Gasteiger partial charge in [0.2, 0.25) is 5.91 Å². The molecule has 0 aliphatic carbocycles. The largest absolute Gasteiger partial charge is 0.478 e. The van der Waals surface area contributed by atoms with E-state index < -0.39 is 23.6 Å². The van der Waals surface area contributed by atoms with Gasteiger partial charge >= 0.3 is 12.1 Å². The minimum absolute atomic E-state index is 0.191. The summed E-state index contributed by atoms with van der Waals surface area (Å²) < 4.78 is 39.2. The molecule has 0 bridgehead atoms. The van der Waals surface area contributed by atoms with Crippen LogP contribution in [-0.2, 0) is 6.18 Å². The molecule has 0 fully saturated rings. The molecule has 1 heterocycles. The average molecular weight is 424 g/mol. The lowest BCUT2D eigenvalue weighted by molar-refractivity contribution is -0.137. The van der Waals surface area contributed by atoms with Crippen molar-refractivity contribution >= 4 is 22.8 Å². The third kappa shape index (κ3) is 3.75. The van der Waals surface area contributed by atoms with Gasteiger partial charge in [-0.25, -0.2) is 4.79 Å². The number of primary amides is 1. The van der Waals surface area contributed by atoms with Crippen LogP contribution < -0.4 is 5.73 Å². The van der Waals surface area contributed by atoms with Gasteiger partial charge in [-0.3, -0.25) is 4.79 Å². The Morgan fingerprint density at radius 2 is 1.61 bits per heavy atom. The number of rotatable bonds is 4. The number of aromatic carboxylic acids is 1. The number of aromatic nitrogens is 1. The fraction of sp³-hybridized carbons (Fsp3) is 0.0435. The Morgan fingerprint density at radius 3 is 2.23 bits per heavy atom. The molecule has 3 aromatic carbocycles. The number of nitrogens with one attached hydrogen (secondary N) is 1.